The lowest BCUT2D eigenvalue weighted by atomic mass is 9.91. The second kappa shape index (κ2) is 19.6. The second-order valence-electron chi connectivity index (χ2n) is 8.70. The van der Waals surface area contributed by atoms with Crippen LogP contribution < -0.4 is 36.3 Å². The highest BCUT2D eigenvalue weighted by Crippen LogP contribution is 2.20. The van der Waals surface area contributed by atoms with Gasteiger partial charge in [-0.1, -0.05) is 79.9 Å². The van der Waals surface area contributed by atoms with E-state index in [1.807, 2.05) is 0 Å². The molecule has 0 aliphatic heterocycles. The van der Waals surface area contributed by atoms with Gasteiger partial charge in [-0.15, -0.1) is 0 Å². The Balaban J connectivity index is 0.00000450. The molecule has 2 rings (SSSR count). The summed E-state index contributed by atoms with van der Waals surface area (Å²) in [5.74, 6) is 1.63. The van der Waals surface area contributed by atoms with Gasteiger partial charge in [-0.05, 0) is 62.5 Å². The summed E-state index contributed by atoms with van der Waals surface area (Å²) in [5, 5.41) is 0. The summed E-state index contributed by atoms with van der Waals surface area (Å²) in [6.45, 7) is 2.19. The van der Waals surface area contributed by atoms with E-state index >= 15 is 0 Å². The van der Waals surface area contributed by atoms with Crippen LogP contribution in [0.1, 0.15) is 68.9 Å². The van der Waals surface area contributed by atoms with Crippen molar-refractivity contribution in [2.45, 2.75) is 70.6 Å². The minimum atomic E-state index is 0. The minimum Gasteiger partial charge on any atom is -1.00 e. The summed E-state index contributed by atoms with van der Waals surface area (Å²) < 4.78 is 0. The van der Waals surface area contributed by atoms with Crippen LogP contribution in [0.3, 0.4) is 0 Å². The Morgan fingerprint density at radius 3 is 1.19 bits per heavy atom. The van der Waals surface area contributed by atoms with Gasteiger partial charge in [0, 0.05) is 11.8 Å². The van der Waals surface area contributed by atoms with E-state index in [0.717, 1.165) is 24.9 Å². The number of hydrogen-bond donors (Lipinski definition) is 2. The molecule has 0 radical (unpaired) electrons. The topological polar surface area (TPSA) is 55.3 Å². The van der Waals surface area contributed by atoms with Crippen LogP contribution in [0.15, 0.2) is 60.7 Å². The van der Waals surface area contributed by atoms with E-state index < -0.39 is 0 Å². The summed E-state index contributed by atoms with van der Waals surface area (Å²) in [7, 11) is 0. The highest BCUT2D eigenvalue weighted by atomic mass is 35.5. The molecule has 2 aromatic carbocycles. The van der Waals surface area contributed by atoms with Gasteiger partial charge in [0.15, 0.2) is 0 Å². The minimum absolute atomic E-state index is 0. The number of rotatable bonds is 16. The molecule has 0 bridgehead atoms. The van der Waals surface area contributed by atoms with Gasteiger partial charge in [0.2, 0.25) is 0 Å². The van der Waals surface area contributed by atoms with Crippen LogP contribution in [0.4, 0.5) is 0 Å². The van der Waals surface area contributed by atoms with Gasteiger partial charge < -0.3 is 36.3 Å². The van der Waals surface area contributed by atoms with E-state index in [2.05, 4.69) is 72.1 Å². The molecule has 0 spiro atoms. The largest absolute Gasteiger partial charge is 1.00 e. The molecule has 2 unspecified atom stereocenters. The van der Waals surface area contributed by atoms with E-state index in [-0.39, 0.29) is 24.8 Å². The van der Waals surface area contributed by atoms with Crippen LogP contribution in [-0.4, -0.2) is 13.1 Å². The van der Waals surface area contributed by atoms with Crippen molar-refractivity contribution in [1.82, 2.24) is 0 Å². The SMILES string of the molecule is [Cl-].[Cl-].[NH3+]CC(CCCCCC(C[NH3+])CCCc1ccccc1)CCCc1ccccc1. The van der Waals surface area contributed by atoms with E-state index in [0.29, 0.717) is 0 Å². The maximum Gasteiger partial charge on any atom is 0.0768 e. The fourth-order valence-corrected chi connectivity index (χ4v) is 4.39. The monoisotopic (exact) mass is 466 g/mol. The number of unbranched alkanes of at least 4 members (excludes halogenated alkanes) is 2. The van der Waals surface area contributed by atoms with Crippen LogP contribution in [0.2, 0.25) is 0 Å². The number of hydrogen-bond acceptors (Lipinski definition) is 0. The van der Waals surface area contributed by atoms with Gasteiger partial charge in [-0.25, -0.2) is 0 Å². The Kier molecular flexibility index (Phi) is 18.9. The molecule has 31 heavy (non-hydrogen) atoms. The second-order valence-corrected chi connectivity index (χ2v) is 8.70. The Morgan fingerprint density at radius 2 is 0.839 bits per heavy atom. The molecule has 0 aromatic heterocycles. The average molecular weight is 468 g/mol. The number of aryl methyl sites for hydroxylation is 2. The molecule has 0 saturated carbocycles. The summed E-state index contributed by atoms with van der Waals surface area (Å²) >= 11 is 0. The van der Waals surface area contributed by atoms with Crippen LogP contribution in [0.25, 0.3) is 0 Å². The van der Waals surface area contributed by atoms with Crippen LogP contribution in [-0.2, 0) is 12.8 Å². The van der Waals surface area contributed by atoms with Crippen molar-refractivity contribution in [3.05, 3.63) is 71.8 Å². The molecule has 0 fully saturated rings. The first-order chi connectivity index (χ1) is 14.3. The molecule has 2 atom stereocenters. The zero-order valence-corrected chi connectivity index (χ0v) is 20.8. The predicted molar refractivity (Wildman–Crippen MR) is 124 cm³/mol. The van der Waals surface area contributed by atoms with Gasteiger partial charge in [0.05, 0.1) is 13.1 Å². The van der Waals surface area contributed by atoms with Gasteiger partial charge in [0.25, 0.3) is 0 Å². The first kappa shape index (κ1) is 29.9. The van der Waals surface area contributed by atoms with Gasteiger partial charge >= 0.3 is 0 Å². The van der Waals surface area contributed by atoms with Crippen molar-refractivity contribution in [1.29, 1.82) is 0 Å². The van der Waals surface area contributed by atoms with Crippen LogP contribution >= 0.6 is 0 Å². The van der Waals surface area contributed by atoms with Crippen molar-refractivity contribution in [2.75, 3.05) is 13.1 Å². The molecule has 176 valence electrons. The Morgan fingerprint density at radius 1 is 0.484 bits per heavy atom. The standard InChI is InChI=1S/C27H42N2.2ClH/c28-22-26(20-10-18-24-12-4-1-5-13-24)16-8-3-9-17-27(23-29)21-11-19-25-14-6-2-7-15-25;;/h1-2,4-7,12-15,26-27H,3,8-11,16-23,28-29H2;2*1H. The molecular weight excluding hydrogens is 423 g/mol. The zero-order valence-electron chi connectivity index (χ0n) is 19.3. The van der Waals surface area contributed by atoms with Crippen molar-refractivity contribution in [2.24, 2.45) is 11.8 Å². The lowest BCUT2D eigenvalue weighted by molar-refractivity contribution is -0.380. The van der Waals surface area contributed by atoms with E-state index in [4.69, 9.17) is 0 Å². The number of benzene rings is 2. The molecule has 0 aliphatic carbocycles. The first-order valence-electron chi connectivity index (χ1n) is 12.0. The smallest absolute Gasteiger partial charge is 0.0768 e. The fraction of sp³-hybridized carbons (Fsp3) is 0.556. The lowest BCUT2D eigenvalue weighted by Crippen LogP contribution is -3.00. The third kappa shape index (κ3) is 13.9. The highest BCUT2D eigenvalue weighted by molar-refractivity contribution is 5.15. The molecule has 2 aromatic rings. The molecule has 0 heterocycles. The first-order valence-corrected chi connectivity index (χ1v) is 12.0. The van der Waals surface area contributed by atoms with Crippen molar-refractivity contribution >= 4 is 0 Å². The Hall–Kier alpha value is -1.06. The van der Waals surface area contributed by atoms with Crippen molar-refractivity contribution in [3.8, 4) is 0 Å². The Bertz CT molecular complexity index is 566. The van der Waals surface area contributed by atoms with Crippen LogP contribution in [0, 0.1) is 11.8 Å². The van der Waals surface area contributed by atoms with E-state index in [1.165, 1.54) is 81.8 Å². The molecule has 4 heteroatoms. The summed E-state index contributed by atoms with van der Waals surface area (Å²) in [5.41, 5.74) is 11.4. The molecular formula is C27H44Cl2N2. The normalized spacial score (nSPS) is 12.5. The average Bonchev–Trinajstić information content (AvgIpc) is 2.78. The quantitative estimate of drug-likeness (QED) is 0.289. The summed E-state index contributed by atoms with van der Waals surface area (Å²) in [6, 6.07) is 21.8. The van der Waals surface area contributed by atoms with Gasteiger partial charge in [-0.2, -0.15) is 0 Å². The van der Waals surface area contributed by atoms with Crippen LogP contribution in [0.5, 0.6) is 0 Å². The zero-order chi connectivity index (χ0) is 20.6. The Labute approximate surface area is 203 Å². The predicted octanol–water partition coefficient (Wildman–Crippen LogP) is -1.29. The third-order valence-electron chi connectivity index (χ3n) is 6.38. The molecule has 0 aliphatic rings. The third-order valence-corrected chi connectivity index (χ3v) is 6.38. The molecule has 2 nitrogen and oxygen atoms in total. The number of halogens is 2. The van der Waals surface area contributed by atoms with Crippen molar-refractivity contribution < 1.29 is 36.3 Å². The summed E-state index contributed by atoms with van der Waals surface area (Å²) in [6.07, 6.45) is 14.5. The maximum absolute atomic E-state index is 4.20. The highest BCUT2D eigenvalue weighted by Gasteiger charge is 2.11. The fourth-order valence-electron chi connectivity index (χ4n) is 4.39. The van der Waals surface area contributed by atoms with E-state index in [1.54, 1.807) is 0 Å². The maximum atomic E-state index is 4.20. The molecule has 0 saturated heterocycles. The van der Waals surface area contributed by atoms with E-state index in [9.17, 15) is 0 Å². The number of quaternary nitrogens is 2. The summed E-state index contributed by atoms with van der Waals surface area (Å²) in [4.78, 5) is 0. The van der Waals surface area contributed by atoms with Crippen molar-refractivity contribution in [3.63, 3.8) is 0 Å². The lowest BCUT2D eigenvalue weighted by Gasteiger charge is -2.15. The molecule has 0 amide bonds. The van der Waals surface area contributed by atoms with Gasteiger partial charge in [0.1, 0.15) is 0 Å². The molecule has 6 N–H and O–H groups in total. The van der Waals surface area contributed by atoms with Gasteiger partial charge in [-0.3, -0.25) is 0 Å².